The van der Waals surface area contributed by atoms with E-state index in [0.717, 1.165) is 11.1 Å². The summed E-state index contributed by atoms with van der Waals surface area (Å²) in [5.41, 5.74) is 8.66. The van der Waals surface area contributed by atoms with Crippen LogP contribution in [0.25, 0.3) is 0 Å². The number of hydrogen-bond acceptors (Lipinski definition) is 2. The van der Waals surface area contributed by atoms with Crippen LogP contribution in [0.1, 0.15) is 21.5 Å². The van der Waals surface area contributed by atoms with Crippen molar-refractivity contribution in [1.29, 1.82) is 0 Å². The highest BCUT2D eigenvalue weighted by atomic mass is 35.5. The summed E-state index contributed by atoms with van der Waals surface area (Å²) in [6.45, 7) is 0.927. The average molecular weight is 291 g/mol. The molecule has 1 aliphatic rings. The Kier molecular flexibility index (Phi) is 3.10. The summed E-state index contributed by atoms with van der Waals surface area (Å²) in [5, 5.41) is 0.0657. The zero-order valence-corrected chi connectivity index (χ0v) is 11.3. The molecule has 0 spiro atoms. The first-order chi connectivity index (χ1) is 9.54. The molecule has 0 saturated heterocycles. The van der Waals surface area contributed by atoms with Gasteiger partial charge in [-0.05, 0) is 35.4 Å². The highest BCUT2D eigenvalue weighted by Gasteiger charge is 2.27. The van der Waals surface area contributed by atoms with Crippen molar-refractivity contribution in [2.24, 2.45) is 0 Å². The largest absolute Gasteiger partial charge is 0.399 e. The molecule has 2 aromatic carbocycles. The molecule has 0 aromatic heterocycles. The van der Waals surface area contributed by atoms with E-state index >= 15 is 0 Å². The summed E-state index contributed by atoms with van der Waals surface area (Å²) in [6, 6.07) is 9.82. The highest BCUT2D eigenvalue weighted by molar-refractivity contribution is 6.30. The molecule has 0 atom stereocenters. The van der Waals surface area contributed by atoms with Gasteiger partial charge in [-0.15, -0.1) is 0 Å². The third-order valence-corrected chi connectivity index (χ3v) is 3.66. The lowest BCUT2D eigenvalue weighted by atomic mass is 10.1. The van der Waals surface area contributed by atoms with Crippen LogP contribution in [0.15, 0.2) is 36.4 Å². The quantitative estimate of drug-likeness (QED) is 0.863. The van der Waals surface area contributed by atoms with Crippen LogP contribution in [-0.4, -0.2) is 10.8 Å². The molecule has 1 heterocycles. The third-order valence-electron chi connectivity index (χ3n) is 3.37. The molecule has 2 N–H and O–H groups in total. The number of carbonyl (C=O) groups is 1. The molecular weight excluding hydrogens is 279 g/mol. The SMILES string of the molecule is Nc1ccc2c(c1)C(=O)N(Cc1ccc(F)c(Cl)c1)C2. The van der Waals surface area contributed by atoms with E-state index in [-0.39, 0.29) is 10.9 Å². The Morgan fingerprint density at radius 2 is 2.05 bits per heavy atom. The first-order valence-corrected chi connectivity index (χ1v) is 6.54. The summed E-state index contributed by atoms with van der Waals surface area (Å²) >= 11 is 5.75. The summed E-state index contributed by atoms with van der Waals surface area (Å²) in [6.07, 6.45) is 0. The molecule has 5 heteroatoms. The van der Waals surface area contributed by atoms with Crippen molar-refractivity contribution >= 4 is 23.2 Å². The van der Waals surface area contributed by atoms with Crippen LogP contribution < -0.4 is 5.73 Å². The summed E-state index contributed by atoms with van der Waals surface area (Å²) in [5.74, 6) is -0.521. The van der Waals surface area contributed by atoms with Crippen molar-refractivity contribution in [1.82, 2.24) is 4.90 Å². The van der Waals surface area contributed by atoms with Gasteiger partial charge in [0.2, 0.25) is 0 Å². The van der Waals surface area contributed by atoms with Gasteiger partial charge in [-0.3, -0.25) is 4.79 Å². The van der Waals surface area contributed by atoms with E-state index in [0.29, 0.717) is 24.3 Å². The van der Waals surface area contributed by atoms with Crippen molar-refractivity contribution in [3.63, 3.8) is 0 Å². The van der Waals surface area contributed by atoms with Gasteiger partial charge in [0.05, 0.1) is 5.02 Å². The van der Waals surface area contributed by atoms with Crippen LogP contribution in [0.5, 0.6) is 0 Å². The molecule has 0 saturated carbocycles. The Morgan fingerprint density at radius 1 is 1.25 bits per heavy atom. The minimum atomic E-state index is -0.459. The fourth-order valence-electron chi connectivity index (χ4n) is 2.36. The van der Waals surface area contributed by atoms with Crippen LogP contribution in [0, 0.1) is 5.82 Å². The number of nitrogen functional groups attached to an aromatic ring is 1. The van der Waals surface area contributed by atoms with Gasteiger partial charge in [-0.2, -0.15) is 0 Å². The molecule has 1 aliphatic heterocycles. The Labute approximate surface area is 120 Å². The van der Waals surface area contributed by atoms with Crippen LogP contribution >= 0.6 is 11.6 Å². The van der Waals surface area contributed by atoms with Gasteiger partial charge < -0.3 is 10.6 Å². The van der Waals surface area contributed by atoms with Gasteiger partial charge in [-0.25, -0.2) is 4.39 Å². The predicted octanol–water partition coefficient (Wildman–Crippen LogP) is 3.22. The van der Waals surface area contributed by atoms with Gasteiger partial charge in [0.15, 0.2) is 0 Å². The first-order valence-electron chi connectivity index (χ1n) is 6.16. The maximum absolute atomic E-state index is 13.1. The second kappa shape index (κ2) is 4.80. The zero-order valence-electron chi connectivity index (χ0n) is 10.6. The molecule has 3 rings (SSSR count). The van der Waals surface area contributed by atoms with E-state index in [4.69, 9.17) is 17.3 Å². The van der Waals surface area contributed by atoms with E-state index < -0.39 is 5.82 Å². The number of hydrogen-bond donors (Lipinski definition) is 1. The molecule has 1 amide bonds. The number of benzene rings is 2. The normalized spacial score (nSPS) is 13.7. The lowest BCUT2D eigenvalue weighted by Crippen LogP contribution is -2.23. The molecular formula is C15H12ClFN2O. The Morgan fingerprint density at radius 3 is 2.80 bits per heavy atom. The number of rotatable bonds is 2. The number of anilines is 1. The van der Waals surface area contributed by atoms with Crippen LogP contribution in [0.2, 0.25) is 5.02 Å². The minimum Gasteiger partial charge on any atom is -0.399 e. The van der Waals surface area contributed by atoms with Crippen molar-refractivity contribution < 1.29 is 9.18 Å². The predicted molar refractivity (Wildman–Crippen MR) is 75.8 cm³/mol. The Balaban J connectivity index is 1.84. The third kappa shape index (κ3) is 2.23. The Bertz CT molecular complexity index is 702. The van der Waals surface area contributed by atoms with Gasteiger partial charge in [-0.1, -0.05) is 23.7 Å². The topological polar surface area (TPSA) is 46.3 Å². The number of nitrogens with zero attached hydrogens (tertiary/aromatic N) is 1. The number of amides is 1. The van der Waals surface area contributed by atoms with Gasteiger partial charge in [0.25, 0.3) is 5.91 Å². The van der Waals surface area contributed by atoms with Gasteiger partial charge in [0.1, 0.15) is 5.82 Å². The monoisotopic (exact) mass is 290 g/mol. The molecule has 0 fully saturated rings. The summed E-state index contributed by atoms with van der Waals surface area (Å²) in [7, 11) is 0. The van der Waals surface area contributed by atoms with E-state index in [1.807, 2.05) is 6.07 Å². The van der Waals surface area contributed by atoms with Crippen molar-refractivity contribution in [2.45, 2.75) is 13.1 Å². The highest BCUT2D eigenvalue weighted by Crippen LogP contribution is 2.27. The lowest BCUT2D eigenvalue weighted by Gasteiger charge is -2.15. The van der Waals surface area contributed by atoms with E-state index in [9.17, 15) is 9.18 Å². The minimum absolute atomic E-state index is 0.0623. The maximum Gasteiger partial charge on any atom is 0.254 e. The van der Waals surface area contributed by atoms with E-state index in [1.165, 1.54) is 6.07 Å². The Hall–Kier alpha value is -2.07. The van der Waals surface area contributed by atoms with E-state index in [2.05, 4.69) is 0 Å². The van der Waals surface area contributed by atoms with Crippen molar-refractivity contribution in [3.05, 3.63) is 63.9 Å². The molecule has 0 unspecified atom stereocenters. The molecule has 0 aliphatic carbocycles. The number of nitrogens with two attached hydrogens (primary N) is 1. The molecule has 2 aromatic rings. The van der Waals surface area contributed by atoms with Gasteiger partial charge in [0, 0.05) is 24.3 Å². The standard InChI is InChI=1S/C15H12ClFN2O/c16-13-5-9(1-4-14(13)17)7-19-8-10-2-3-11(18)6-12(10)15(19)20/h1-6H,7-8,18H2. The van der Waals surface area contributed by atoms with Crippen LogP contribution in [0.4, 0.5) is 10.1 Å². The maximum atomic E-state index is 13.1. The second-order valence-electron chi connectivity index (χ2n) is 4.83. The lowest BCUT2D eigenvalue weighted by molar-refractivity contribution is 0.0766. The van der Waals surface area contributed by atoms with Crippen molar-refractivity contribution in [2.75, 3.05) is 5.73 Å². The van der Waals surface area contributed by atoms with Crippen LogP contribution in [-0.2, 0) is 13.1 Å². The fourth-order valence-corrected chi connectivity index (χ4v) is 2.57. The van der Waals surface area contributed by atoms with E-state index in [1.54, 1.807) is 29.2 Å². The molecule has 3 nitrogen and oxygen atoms in total. The fraction of sp³-hybridized carbons (Fsp3) is 0.133. The first kappa shape index (κ1) is 12.9. The zero-order chi connectivity index (χ0) is 14.3. The summed E-state index contributed by atoms with van der Waals surface area (Å²) < 4.78 is 13.1. The molecule has 102 valence electrons. The van der Waals surface area contributed by atoms with Crippen molar-refractivity contribution in [3.8, 4) is 0 Å². The van der Waals surface area contributed by atoms with Crippen LogP contribution in [0.3, 0.4) is 0 Å². The van der Waals surface area contributed by atoms with Gasteiger partial charge >= 0.3 is 0 Å². The second-order valence-corrected chi connectivity index (χ2v) is 5.23. The average Bonchev–Trinajstić information content (AvgIpc) is 2.71. The number of carbonyl (C=O) groups excluding carboxylic acids is 1. The number of halogens is 2. The number of fused-ring (bicyclic) bond motifs is 1. The molecule has 20 heavy (non-hydrogen) atoms. The molecule has 0 bridgehead atoms. The smallest absolute Gasteiger partial charge is 0.254 e. The molecule has 0 radical (unpaired) electrons. The summed E-state index contributed by atoms with van der Waals surface area (Å²) in [4.78, 5) is 14.0.